The molecule has 1 aromatic carbocycles. The molecule has 0 amide bonds. The lowest BCUT2D eigenvalue weighted by atomic mass is 10.2. The highest BCUT2D eigenvalue weighted by atomic mass is 79.9. The first kappa shape index (κ1) is 11.9. The second-order valence-corrected chi connectivity index (χ2v) is 4.70. The first-order chi connectivity index (χ1) is 8.00. The number of rotatable bonds is 2. The van der Waals surface area contributed by atoms with Gasteiger partial charge in [0.15, 0.2) is 0 Å². The number of hydrogen-bond acceptors (Lipinski definition) is 2. The fraction of sp³-hybridized carbons (Fsp3) is 0.167. The first-order valence-electron chi connectivity index (χ1n) is 5.10. The summed E-state index contributed by atoms with van der Waals surface area (Å²) in [5.41, 5.74) is 2.99. The van der Waals surface area contributed by atoms with Crippen molar-refractivity contribution in [3.63, 3.8) is 0 Å². The number of nitrogens with zero attached hydrogens (tertiary/aromatic N) is 2. The van der Waals surface area contributed by atoms with Gasteiger partial charge in [0, 0.05) is 17.5 Å². The molecule has 0 fully saturated rings. The molecule has 88 valence electrons. The van der Waals surface area contributed by atoms with Gasteiger partial charge in [-0.25, -0.2) is 0 Å². The minimum absolute atomic E-state index is 0.0787. The summed E-state index contributed by atoms with van der Waals surface area (Å²) in [4.78, 5) is 10.5. The van der Waals surface area contributed by atoms with Crippen molar-refractivity contribution < 1.29 is 4.92 Å². The molecule has 0 aliphatic heterocycles. The van der Waals surface area contributed by atoms with Gasteiger partial charge in [0.1, 0.15) is 0 Å². The van der Waals surface area contributed by atoms with Crippen molar-refractivity contribution in [3.8, 4) is 5.69 Å². The van der Waals surface area contributed by atoms with Crippen LogP contribution in [0.15, 0.2) is 34.8 Å². The Labute approximate surface area is 107 Å². The Balaban J connectivity index is 2.62. The molecular formula is C12H11BrN2O2. The molecule has 4 nitrogen and oxygen atoms in total. The predicted molar refractivity (Wildman–Crippen MR) is 69.6 cm³/mol. The zero-order valence-corrected chi connectivity index (χ0v) is 11.1. The molecule has 2 rings (SSSR count). The molecule has 0 saturated heterocycles. The van der Waals surface area contributed by atoms with E-state index in [2.05, 4.69) is 15.9 Å². The van der Waals surface area contributed by atoms with Gasteiger partial charge in [0.25, 0.3) is 5.69 Å². The van der Waals surface area contributed by atoms with Crippen LogP contribution in [0.25, 0.3) is 5.69 Å². The number of aromatic nitrogens is 1. The molecule has 0 N–H and O–H groups in total. The molecule has 5 heteroatoms. The molecular weight excluding hydrogens is 284 g/mol. The normalized spacial score (nSPS) is 10.5. The summed E-state index contributed by atoms with van der Waals surface area (Å²) >= 11 is 3.18. The summed E-state index contributed by atoms with van der Waals surface area (Å²) in [6, 6.07) is 9.11. The third-order valence-electron chi connectivity index (χ3n) is 2.66. The largest absolute Gasteiger partial charge is 0.318 e. The maximum atomic E-state index is 10.9. The van der Waals surface area contributed by atoms with Gasteiger partial charge in [0.2, 0.25) is 0 Å². The van der Waals surface area contributed by atoms with E-state index in [1.807, 2.05) is 36.6 Å². The lowest BCUT2D eigenvalue weighted by Crippen LogP contribution is -2.00. The van der Waals surface area contributed by atoms with E-state index in [0.717, 1.165) is 17.1 Å². The highest BCUT2D eigenvalue weighted by Gasteiger charge is 2.14. The molecule has 0 saturated carbocycles. The van der Waals surface area contributed by atoms with Crippen LogP contribution in [-0.2, 0) is 0 Å². The van der Waals surface area contributed by atoms with Crippen molar-refractivity contribution in [2.45, 2.75) is 13.8 Å². The Morgan fingerprint density at radius 3 is 2.29 bits per heavy atom. The third-order valence-corrected chi connectivity index (χ3v) is 3.33. The summed E-state index contributed by atoms with van der Waals surface area (Å²) < 4.78 is 2.48. The highest BCUT2D eigenvalue weighted by molar-refractivity contribution is 9.10. The SMILES string of the molecule is Cc1ccc(C)n1-c1ccc(Br)c([N+](=O)[O-])c1. The van der Waals surface area contributed by atoms with Gasteiger partial charge < -0.3 is 4.57 Å². The smallest absolute Gasteiger partial charge is 0.285 e. The zero-order chi connectivity index (χ0) is 12.6. The molecule has 1 aromatic heterocycles. The van der Waals surface area contributed by atoms with Crippen LogP contribution in [0, 0.1) is 24.0 Å². The van der Waals surface area contributed by atoms with Crippen LogP contribution in [-0.4, -0.2) is 9.49 Å². The van der Waals surface area contributed by atoms with E-state index in [1.165, 1.54) is 0 Å². The lowest BCUT2D eigenvalue weighted by Gasteiger charge is -2.09. The minimum Gasteiger partial charge on any atom is -0.318 e. The Morgan fingerprint density at radius 2 is 1.76 bits per heavy atom. The number of hydrogen-bond donors (Lipinski definition) is 0. The molecule has 0 unspecified atom stereocenters. The topological polar surface area (TPSA) is 48.1 Å². The second-order valence-electron chi connectivity index (χ2n) is 3.84. The van der Waals surface area contributed by atoms with E-state index >= 15 is 0 Å². The van der Waals surface area contributed by atoms with Gasteiger partial charge in [0.05, 0.1) is 15.1 Å². The van der Waals surface area contributed by atoms with E-state index in [9.17, 15) is 10.1 Å². The molecule has 0 radical (unpaired) electrons. The van der Waals surface area contributed by atoms with E-state index in [4.69, 9.17) is 0 Å². The summed E-state index contributed by atoms with van der Waals surface area (Å²) in [6.45, 7) is 3.95. The average molecular weight is 295 g/mol. The highest BCUT2D eigenvalue weighted by Crippen LogP contribution is 2.28. The van der Waals surface area contributed by atoms with Crippen molar-refractivity contribution >= 4 is 21.6 Å². The minimum atomic E-state index is -0.387. The summed E-state index contributed by atoms with van der Waals surface area (Å²) in [7, 11) is 0. The number of benzene rings is 1. The van der Waals surface area contributed by atoms with E-state index in [1.54, 1.807) is 12.1 Å². The lowest BCUT2D eigenvalue weighted by molar-refractivity contribution is -0.385. The Morgan fingerprint density at radius 1 is 1.18 bits per heavy atom. The standard InChI is InChI=1S/C12H11BrN2O2/c1-8-3-4-9(2)14(8)10-5-6-11(13)12(7-10)15(16)17/h3-7H,1-2H3. The molecule has 0 atom stereocenters. The molecule has 0 aliphatic carbocycles. The maximum absolute atomic E-state index is 10.9. The molecule has 0 bridgehead atoms. The van der Waals surface area contributed by atoms with Crippen LogP contribution in [0.5, 0.6) is 0 Å². The molecule has 0 aliphatic rings. The number of aryl methyl sites for hydroxylation is 2. The number of nitro groups is 1. The fourth-order valence-corrected chi connectivity index (χ4v) is 2.25. The number of nitro benzene ring substituents is 1. The number of halogens is 1. The Kier molecular flexibility index (Phi) is 3.02. The van der Waals surface area contributed by atoms with Gasteiger partial charge in [-0.3, -0.25) is 10.1 Å². The van der Waals surface area contributed by atoms with E-state index in [-0.39, 0.29) is 10.6 Å². The summed E-state index contributed by atoms with van der Waals surface area (Å²) in [5.74, 6) is 0. The van der Waals surface area contributed by atoms with Crippen LogP contribution < -0.4 is 0 Å². The fourth-order valence-electron chi connectivity index (χ4n) is 1.86. The van der Waals surface area contributed by atoms with Gasteiger partial charge in [-0.1, -0.05) is 0 Å². The van der Waals surface area contributed by atoms with Crippen molar-refractivity contribution in [2.24, 2.45) is 0 Å². The zero-order valence-electron chi connectivity index (χ0n) is 9.48. The van der Waals surface area contributed by atoms with Gasteiger partial charge in [-0.2, -0.15) is 0 Å². The Hall–Kier alpha value is -1.62. The monoisotopic (exact) mass is 294 g/mol. The van der Waals surface area contributed by atoms with E-state index in [0.29, 0.717) is 4.47 Å². The van der Waals surface area contributed by atoms with Crippen molar-refractivity contribution in [3.05, 3.63) is 56.3 Å². The van der Waals surface area contributed by atoms with Gasteiger partial charge in [-0.05, 0) is 54.0 Å². The predicted octanol–water partition coefficient (Wildman–Crippen LogP) is 3.76. The summed E-state index contributed by atoms with van der Waals surface area (Å²) in [5, 5.41) is 10.9. The quantitative estimate of drug-likeness (QED) is 0.625. The van der Waals surface area contributed by atoms with Crippen molar-refractivity contribution in [1.82, 2.24) is 4.57 Å². The van der Waals surface area contributed by atoms with Gasteiger partial charge >= 0.3 is 0 Å². The van der Waals surface area contributed by atoms with Crippen molar-refractivity contribution in [1.29, 1.82) is 0 Å². The second kappa shape index (κ2) is 4.33. The molecule has 2 aromatic rings. The first-order valence-corrected chi connectivity index (χ1v) is 5.89. The molecule has 1 heterocycles. The van der Waals surface area contributed by atoms with Crippen LogP contribution in [0.2, 0.25) is 0 Å². The van der Waals surface area contributed by atoms with Gasteiger partial charge in [-0.15, -0.1) is 0 Å². The molecule has 0 spiro atoms. The van der Waals surface area contributed by atoms with E-state index < -0.39 is 0 Å². The average Bonchev–Trinajstić information content (AvgIpc) is 2.59. The van der Waals surface area contributed by atoms with Crippen LogP contribution >= 0.6 is 15.9 Å². The van der Waals surface area contributed by atoms with Crippen molar-refractivity contribution in [2.75, 3.05) is 0 Å². The Bertz CT molecular complexity index is 571. The maximum Gasteiger partial charge on any atom is 0.285 e. The van der Waals surface area contributed by atoms with Crippen LogP contribution in [0.3, 0.4) is 0 Å². The summed E-state index contributed by atoms with van der Waals surface area (Å²) in [6.07, 6.45) is 0. The third kappa shape index (κ3) is 2.10. The molecule has 17 heavy (non-hydrogen) atoms. The van der Waals surface area contributed by atoms with Crippen LogP contribution in [0.4, 0.5) is 5.69 Å². The van der Waals surface area contributed by atoms with Crippen LogP contribution in [0.1, 0.15) is 11.4 Å².